The Hall–Kier alpha value is -1.62. The Balaban J connectivity index is 2.57. The van der Waals surface area contributed by atoms with E-state index in [1.807, 2.05) is 18.7 Å². The van der Waals surface area contributed by atoms with Crippen molar-refractivity contribution in [3.63, 3.8) is 0 Å². The first-order valence-electron chi connectivity index (χ1n) is 7.05. The van der Waals surface area contributed by atoms with E-state index in [1.54, 1.807) is 11.8 Å². The minimum absolute atomic E-state index is 0.389. The van der Waals surface area contributed by atoms with Crippen LogP contribution in [0.15, 0.2) is 0 Å². The second-order valence-electron chi connectivity index (χ2n) is 5.12. The van der Waals surface area contributed by atoms with Crippen molar-refractivity contribution in [2.45, 2.75) is 32.9 Å². The average Bonchev–Trinajstić information content (AvgIpc) is 2.69. The van der Waals surface area contributed by atoms with Crippen molar-refractivity contribution in [2.24, 2.45) is 0 Å². The number of aromatic nitrogens is 2. The van der Waals surface area contributed by atoms with E-state index in [4.69, 9.17) is 15.7 Å². The van der Waals surface area contributed by atoms with Crippen LogP contribution in [0.3, 0.4) is 0 Å². The van der Waals surface area contributed by atoms with Crippen LogP contribution in [0.4, 0.5) is 5.69 Å². The smallest absolute Gasteiger partial charge is 0.0862 e. The highest BCUT2D eigenvalue weighted by atomic mass is 16.5. The van der Waals surface area contributed by atoms with Crippen LogP contribution < -0.4 is 5.73 Å². The Morgan fingerprint density at radius 1 is 1.48 bits per heavy atom. The zero-order chi connectivity index (χ0) is 15.8. The second-order valence-corrected chi connectivity index (χ2v) is 5.12. The van der Waals surface area contributed by atoms with Gasteiger partial charge in [-0.15, -0.1) is 0 Å². The van der Waals surface area contributed by atoms with E-state index < -0.39 is 6.10 Å². The molecule has 0 aromatic carbocycles. The van der Waals surface area contributed by atoms with E-state index in [9.17, 15) is 5.11 Å². The largest absolute Gasteiger partial charge is 0.396 e. The first-order chi connectivity index (χ1) is 9.99. The highest BCUT2D eigenvalue weighted by Gasteiger charge is 2.15. The molecule has 0 aliphatic heterocycles. The van der Waals surface area contributed by atoms with Crippen LogP contribution in [0.25, 0.3) is 0 Å². The Morgan fingerprint density at radius 2 is 2.19 bits per heavy atom. The summed E-state index contributed by atoms with van der Waals surface area (Å²) in [6.07, 6.45) is -0.138. The summed E-state index contributed by atoms with van der Waals surface area (Å²) in [7, 11) is 1.64. The van der Waals surface area contributed by atoms with Crippen LogP contribution in [-0.4, -0.2) is 59.2 Å². The fourth-order valence-electron chi connectivity index (χ4n) is 2.17. The molecule has 0 aliphatic carbocycles. The van der Waals surface area contributed by atoms with E-state index in [1.165, 1.54) is 0 Å². The molecule has 0 saturated carbocycles. The third kappa shape index (κ3) is 5.34. The summed E-state index contributed by atoms with van der Waals surface area (Å²) in [5.74, 6) is 0. The molecule has 0 aliphatic rings. The van der Waals surface area contributed by atoms with Crippen molar-refractivity contribution < 1.29 is 9.84 Å². The molecule has 0 fully saturated rings. The highest BCUT2D eigenvalue weighted by Crippen LogP contribution is 2.15. The summed E-state index contributed by atoms with van der Waals surface area (Å²) in [5, 5.41) is 23.2. The maximum absolute atomic E-state index is 10.2. The SMILES string of the molecule is COCCN(CCC#N)CC(O)Cn1nc(C)c(N)c1C. The number of rotatable bonds is 9. The molecule has 118 valence electrons. The Morgan fingerprint density at radius 3 is 2.71 bits per heavy atom. The van der Waals surface area contributed by atoms with Crippen molar-refractivity contribution in [1.29, 1.82) is 5.26 Å². The first-order valence-corrected chi connectivity index (χ1v) is 7.05. The molecule has 1 aromatic rings. The van der Waals surface area contributed by atoms with Gasteiger partial charge in [0, 0.05) is 33.2 Å². The molecule has 3 N–H and O–H groups in total. The number of anilines is 1. The number of aryl methyl sites for hydroxylation is 1. The van der Waals surface area contributed by atoms with Crippen LogP contribution >= 0.6 is 0 Å². The van der Waals surface area contributed by atoms with Gasteiger partial charge in [0.1, 0.15) is 0 Å². The summed E-state index contributed by atoms with van der Waals surface area (Å²) in [5.41, 5.74) is 8.20. The van der Waals surface area contributed by atoms with Gasteiger partial charge in [-0.25, -0.2) is 0 Å². The van der Waals surface area contributed by atoms with Crippen LogP contribution in [0.1, 0.15) is 17.8 Å². The summed E-state index contributed by atoms with van der Waals surface area (Å²) in [6, 6.07) is 2.12. The molecule has 7 heteroatoms. The lowest BCUT2D eigenvalue weighted by molar-refractivity contribution is 0.0776. The van der Waals surface area contributed by atoms with Gasteiger partial charge in [-0.1, -0.05) is 0 Å². The standard InChI is InChI=1S/C14H25N5O2/c1-11-14(16)12(2)19(17-11)10-13(20)9-18(6-4-5-15)7-8-21-3/h13,20H,4,6-10,16H2,1-3H3. The number of aliphatic hydroxyl groups is 1. The maximum Gasteiger partial charge on any atom is 0.0862 e. The maximum atomic E-state index is 10.2. The van der Waals surface area contributed by atoms with Crippen molar-refractivity contribution >= 4 is 5.69 Å². The van der Waals surface area contributed by atoms with E-state index in [0.717, 1.165) is 11.4 Å². The third-order valence-electron chi connectivity index (χ3n) is 3.44. The van der Waals surface area contributed by atoms with E-state index in [-0.39, 0.29) is 0 Å². The lowest BCUT2D eigenvalue weighted by atomic mass is 10.3. The van der Waals surface area contributed by atoms with Gasteiger partial charge in [-0.2, -0.15) is 10.4 Å². The van der Waals surface area contributed by atoms with Crippen molar-refractivity contribution in [2.75, 3.05) is 39.1 Å². The third-order valence-corrected chi connectivity index (χ3v) is 3.44. The van der Waals surface area contributed by atoms with Gasteiger partial charge in [-0.3, -0.25) is 9.58 Å². The van der Waals surface area contributed by atoms with Gasteiger partial charge < -0.3 is 15.6 Å². The average molecular weight is 295 g/mol. The summed E-state index contributed by atoms with van der Waals surface area (Å²) >= 11 is 0. The number of ether oxygens (including phenoxy) is 1. The number of hydrogen-bond acceptors (Lipinski definition) is 6. The molecule has 21 heavy (non-hydrogen) atoms. The fourth-order valence-corrected chi connectivity index (χ4v) is 2.17. The molecule has 1 heterocycles. The van der Waals surface area contributed by atoms with Gasteiger partial charge in [-0.05, 0) is 13.8 Å². The molecule has 1 rings (SSSR count). The zero-order valence-electron chi connectivity index (χ0n) is 13.0. The van der Waals surface area contributed by atoms with Crippen LogP contribution in [-0.2, 0) is 11.3 Å². The monoisotopic (exact) mass is 295 g/mol. The number of nitrogens with zero attached hydrogens (tertiary/aromatic N) is 4. The summed E-state index contributed by atoms with van der Waals surface area (Å²) < 4.78 is 6.78. The van der Waals surface area contributed by atoms with Crippen molar-refractivity contribution in [3.05, 3.63) is 11.4 Å². The molecular formula is C14H25N5O2. The van der Waals surface area contributed by atoms with Crippen molar-refractivity contribution in [1.82, 2.24) is 14.7 Å². The topological polar surface area (TPSA) is 100 Å². The zero-order valence-corrected chi connectivity index (χ0v) is 13.0. The van der Waals surface area contributed by atoms with Gasteiger partial charge in [0.25, 0.3) is 0 Å². The van der Waals surface area contributed by atoms with E-state index in [2.05, 4.69) is 11.2 Å². The normalized spacial score (nSPS) is 12.6. The van der Waals surface area contributed by atoms with Crippen molar-refractivity contribution in [3.8, 4) is 6.07 Å². The van der Waals surface area contributed by atoms with Crippen LogP contribution in [0.5, 0.6) is 0 Å². The molecule has 1 atom stereocenters. The van der Waals surface area contributed by atoms with Gasteiger partial charge in [0.2, 0.25) is 0 Å². The first kappa shape index (κ1) is 17.4. The Kier molecular flexibility index (Phi) is 7.15. The Bertz CT molecular complexity index is 480. The molecule has 0 bridgehead atoms. The number of hydrogen-bond donors (Lipinski definition) is 2. The number of nitriles is 1. The lowest BCUT2D eigenvalue weighted by Crippen LogP contribution is -2.37. The second kappa shape index (κ2) is 8.62. The minimum atomic E-state index is -0.571. The molecule has 1 aromatic heterocycles. The molecule has 0 spiro atoms. The molecule has 0 saturated heterocycles. The number of aliphatic hydroxyl groups excluding tert-OH is 1. The number of nitrogen functional groups attached to an aromatic ring is 1. The predicted octanol–water partition coefficient (Wildman–Crippen LogP) is 0.305. The quantitative estimate of drug-likeness (QED) is 0.680. The summed E-state index contributed by atoms with van der Waals surface area (Å²) in [4.78, 5) is 2.02. The van der Waals surface area contributed by atoms with Gasteiger partial charge in [0.15, 0.2) is 0 Å². The molecule has 7 nitrogen and oxygen atoms in total. The molecule has 0 radical (unpaired) electrons. The highest BCUT2D eigenvalue weighted by molar-refractivity contribution is 5.46. The molecular weight excluding hydrogens is 270 g/mol. The minimum Gasteiger partial charge on any atom is -0.396 e. The lowest BCUT2D eigenvalue weighted by Gasteiger charge is -2.24. The van der Waals surface area contributed by atoms with E-state index >= 15 is 0 Å². The number of nitrogens with two attached hydrogens (primary N) is 1. The van der Waals surface area contributed by atoms with Crippen LogP contribution in [0, 0.1) is 25.2 Å². The Labute approximate surface area is 125 Å². The fraction of sp³-hybridized carbons (Fsp3) is 0.714. The van der Waals surface area contributed by atoms with Crippen LogP contribution in [0.2, 0.25) is 0 Å². The molecule has 0 amide bonds. The van der Waals surface area contributed by atoms with E-state index in [0.29, 0.717) is 44.9 Å². The molecule has 1 unspecified atom stereocenters. The van der Waals surface area contributed by atoms with Gasteiger partial charge in [0.05, 0.1) is 42.4 Å². The summed E-state index contributed by atoms with van der Waals surface area (Å²) in [6.45, 7) is 6.49. The predicted molar refractivity (Wildman–Crippen MR) is 80.7 cm³/mol. The van der Waals surface area contributed by atoms with Gasteiger partial charge >= 0.3 is 0 Å². The number of methoxy groups -OCH3 is 1.